The summed E-state index contributed by atoms with van der Waals surface area (Å²) in [7, 11) is 2.82. The summed E-state index contributed by atoms with van der Waals surface area (Å²) in [6.45, 7) is 1.70. The second kappa shape index (κ2) is 4.14. The molecule has 0 spiro atoms. The summed E-state index contributed by atoms with van der Waals surface area (Å²) >= 11 is 0. The number of carbonyl (C=O) groups is 1. The zero-order valence-electron chi connectivity index (χ0n) is 10.3. The van der Waals surface area contributed by atoms with Crippen molar-refractivity contribution in [3.63, 3.8) is 0 Å². The number of carbonyl (C=O) groups excluding carboxylic acids is 1. The Morgan fingerprint density at radius 1 is 1.28 bits per heavy atom. The number of nitrogens with zero attached hydrogens (tertiary/aromatic N) is 2. The van der Waals surface area contributed by atoms with Crippen molar-refractivity contribution in [1.82, 2.24) is 9.13 Å². The average Bonchev–Trinajstić information content (AvgIpc) is 2.77. The first-order chi connectivity index (χ1) is 8.41. The maximum absolute atomic E-state index is 12.1. The van der Waals surface area contributed by atoms with Crippen LogP contribution in [0.4, 0.5) is 0 Å². The molecular formula is C12H12N2O4. The first-order valence-corrected chi connectivity index (χ1v) is 5.28. The normalized spacial score (nSPS) is 10.6. The van der Waals surface area contributed by atoms with Gasteiger partial charge < -0.3 is 8.98 Å². The summed E-state index contributed by atoms with van der Waals surface area (Å²) in [4.78, 5) is 35.5. The van der Waals surface area contributed by atoms with Crippen LogP contribution in [0.2, 0.25) is 0 Å². The highest BCUT2D eigenvalue weighted by atomic mass is 16.3. The molecule has 0 aliphatic heterocycles. The van der Waals surface area contributed by atoms with Crippen LogP contribution in [0, 0.1) is 6.92 Å². The largest absolute Gasteiger partial charge is 0.469 e. The molecule has 2 aromatic rings. The minimum atomic E-state index is -0.609. The molecule has 0 radical (unpaired) electrons. The van der Waals surface area contributed by atoms with Gasteiger partial charge in [-0.2, -0.15) is 0 Å². The Kier molecular flexibility index (Phi) is 2.78. The summed E-state index contributed by atoms with van der Waals surface area (Å²) in [6.07, 6.45) is 2.54. The van der Waals surface area contributed by atoms with Crippen LogP contribution in [0.15, 0.2) is 32.5 Å². The Bertz CT molecular complexity index is 733. The smallest absolute Gasteiger partial charge is 0.330 e. The summed E-state index contributed by atoms with van der Waals surface area (Å²) in [5, 5.41) is 0. The van der Waals surface area contributed by atoms with E-state index >= 15 is 0 Å². The minimum Gasteiger partial charge on any atom is -0.469 e. The lowest BCUT2D eigenvalue weighted by Gasteiger charge is -2.04. The summed E-state index contributed by atoms with van der Waals surface area (Å²) in [5.74, 6) is 0.128. The third-order valence-electron chi connectivity index (χ3n) is 2.68. The van der Waals surface area contributed by atoms with Gasteiger partial charge in [-0.05, 0) is 13.0 Å². The van der Waals surface area contributed by atoms with Crippen molar-refractivity contribution in [2.24, 2.45) is 14.1 Å². The van der Waals surface area contributed by atoms with Gasteiger partial charge in [-0.15, -0.1) is 0 Å². The van der Waals surface area contributed by atoms with Crippen molar-refractivity contribution >= 4 is 5.78 Å². The van der Waals surface area contributed by atoms with Gasteiger partial charge >= 0.3 is 5.69 Å². The third kappa shape index (κ3) is 1.81. The van der Waals surface area contributed by atoms with Crippen LogP contribution in [0.25, 0.3) is 0 Å². The molecule has 6 heteroatoms. The second-order valence-corrected chi connectivity index (χ2v) is 4.08. The molecule has 2 aromatic heterocycles. The fourth-order valence-electron chi connectivity index (χ4n) is 1.68. The van der Waals surface area contributed by atoms with Gasteiger partial charge in [0.15, 0.2) is 0 Å². The van der Waals surface area contributed by atoms with E-state index in [-0.39, 0.29) is 5.56 Å². The number of hydrogen-bond donors (Lipinski definition) is 0. The number of rotatable bonds is 2. The van der Waals surface area contributed by atoms with E-state index in [4.69, 9.17) is 4.42 Å². The molecule has 0 unspecified atom stereocenters. The number of aryl methyl sites for hydroxylation is 2. The van der Waals surface area contributed by atoms with Crippen molar-refractivity contribution in [2.75, 3.05) is 0 Å². The highest BCUT2D eigenvalue weighted by Crippen LogP contribution is 2.10. The van der Waals surface area contributed by atoms with Crippen LogP contribution in [0.1, 0.15) is 21.7 Å². The van der Waals surface area contributed by atoms with Crippen LogP contribution in [-0.2, 0) is 14.1 Å². The van der Waals surface area contributed by atoms with Gasteiger partial charge in [-0.3, -0.25) is 14.2 Å². The number of aromatic nitrogens is 2. The zero-order valence-corrected chi connectivity index (χ0v) is 10.3. The van der Waals surface area contributed by atoms with Crippen LogP contribution in [0.5, 0.6) is 0 Å². The molecule has 0 saturated carbocycles. The lowest BCUT2D eigenvalue weighted by atomic mass is 10.1. The molecule has 0 N–H and O–H groups in total. The van der Waals surface area contributed by atoms with Crippen molar-refractivity contribution in [3.05, 3.63) is 56.3 Å². The van der Waals surface area contributed by atoms with Gasteiger partial charge in [0.1, 0.15) is 17.6 Å². The summed E-state index contributed by atoms with van der Waals surface area (Å²) in [5.41, 5.74) is -0.842. The molecule has 2 heterocycles. The van der Waals surface area contributed by atoms with E-state index < -0.39 is 17.0 Å². The van der Waals surface area contributed by atoms with E-state index in [0.717, 1.165) is 4.57 Å². The van der Waals surface area contributed by atoms with Crippen LogP contribution in [-0.4, -0.2) is 14.9 Å². The van der Waals surface area contributed by atoms with Crippen LogP contribution in [0.3, 0.4) is 0 Å². The van der Waals surface area contributed by atoms with Crippen molar-refractivity contribution in [3.8, 4) is 0 Å². The molecule has 0 atom stereocenters. The Morgan fingerprint density at radius 2 is 1.94 bits per heavy atom. The molecular weight excluding hydrogens is 236 g/mol. The molecule has 2 rings (SSSR count). The van der Waals surface area contributed by atoms with Gasteiger partial charge in [-0.25, -0.2) is 4.79 Å². The van der Waals surface area contributed by atoms with Gasteiger partial charge in [0.25, 0.3) is 5.56 Å². The van der Waals surface area contributed by atoms with Crippen LogP contribution >= 0.6 is 0 Å². The van der Waals surface area contributed by atoms with Crippen molar-refractivity contribution < 1.29 is 9.21 Å². The molecule has 0 fully saturated rings. The summed E-state index contributed by atoms with van der Waals surface area (Å²) < 4.78 is 7.13. The molecule has 0 bridgehead atoms. The molecule has 94 valence electrons. The Hall–Kier alpha value is -2.37. The molecule has 0 saturated heterocycles. The van der Waals surface area contributed by atoms with Crippen LogP contribution < -0.4 is 11.2 Å². The SMILES string of the molecule is Cc1cc(C(=O)c2cn(C)c(=O)n(C)c2=O)co1. The highest BCUT2D eigenvalue weighted by molar-refractivity contribution is 6.08. The predicted molar refractivity (Wildman–Crippen MR) is 63.8 cm³/mol. The monoisotopic (exact) mass is 248 g/mol. The Balaban J connectivity index is 2.63. The molecule has 6 nitrogen and oxygen atoms in total. The number of hydrogen-bond acceptors (Lipinski definition) is 4. The van der Waals surface area contributed by atoms with Gasteiger partial charge in [0.05, 0.1) is 5.56 Å². The van der Waals surface area contributed by atoms with Gasteiger partial charge in [0, 0.05) is 20.3 Å². The Morgan fingerprint density at radius 3 is 2.50 bits per heavy atom. The van der Waals surface area contributed by atoms with E-state index in [0.29, 0.717) is 11.3 Å². The van der Waals surface area contributed by atoms with Crippen molar-refractivity contribution in [1.29, 1.82) is 0 Å². The highest BCUT2D eigenvalue weighted by Gasteiger charge is 2.17. The molecule has 0 aliphatic carbocycles. The standard InChI is InChI=1S/C12H12N2O4/c1-7-4-8(6-18-7)10(15)9-5-13(2)12(17)14(3)11(9)16/h4-6H,1-3H3. The maximum atomic E-state index is 12.1. The third-order valence-corrected chi connectivity index (χ3v) is 2.68. The lowest BCUT2D eigenvalue weighted by Crippen LogP contribution is -2.39. The molecule has 18 heavy (non-hydrogen) atoms. The second-order valence-electron chi connectivity index (χ2n) is 4.08. The topological polar surface area (TPSA) is 74.2 Å². The molecule has 0 aliphatic rings. The first kappa shape index (κ1) is 12.1. The zero-order chi connectivity index (χ0) is 13.4. The van der Waals surface area contributed by atoms with E-state index in [2.05, 4.69) is 0 Å². The van der Waals surface area contributed by atoms with E-state index in [1.807, 2.05) is 0 Å². The molecule has 0 amide bonds. The predicted octanol–water partition coefficient (Wildman–Crippen LogP) is 0.216. The number of furan rings is 1. The minimum absolute atomic E-state index is 0.0552. The Labute approximate surface area is 102 Å². The molecule has 0 aromatic carbocycles. The fraction of sp³-hybridized carbons (Fsp3) is 0.250. The van der Waals surface area contributed by atoms with Crippen molar-refractivity contribution in [2.45, 2.75) is 6.92 Å². The first-order valence-electron chi connectivity index (χ1n) is 5.28. The maximum Gasteiger partial charge on any atom is 0.330 e. The van der Waals surface area contributed by atoms with Gasteiger partial charge in [0.2, 0.25) is 5.78 Å². The number of ketones is 1. The summed E-state index contributed by atoms with van der Waals surface area (Å²) in [6, 6.07) is 1.55. The lowest BCUT2D eigenvalue weighted by molar-refractivity contribution is 0.103. The fourth-order valence-corrected chi connectivity index (χ4v) is 1.68. The average molecular weight is 248 g/mol. The van der Waals surface area contributed by atoms with E-state index in [1.165, 1.54) is 31.1 Å². The van der Waals surface area contributed by atoms with E-state index in [1.54, 1.807) is 13.0 Å². The quantitative estimate of drug-likeness (QED) is 0.712. The van der Waals surface area contributed by atoms with Gasteiger partial charge in [-0.1, -0.05) is 0 Å². The van der Waals surface area contributed by atoms with E-state index in [9.17, 15) is 14.4 Å².